The summed E-state index contributed by atoms with van der Waals surface area (Å²) in [4.78, 5) is 37.7. The van der Waals surface area contributed by atoms with E-state index >= 15 is 0 Å². The molecule has 1 aliphatic heterocycles. The summed E-state index contributed by atoms with van der Waals surface area (Å²) in [5.74, 6) is -1.87. The fourth-order valence-corrected chi connectivity index (χ4v) is 3.66. The third-order valence-corrected chi connectivity index (χ3v) is 5.44. The van der Waals surface area contributed by atoms with Gasteiger partial charge in [-0.1, -0.05) is 18.2 Å². The minimum Gasteiger partial charge on any atom is -0.481 e. The van der Waals surface area contributed by atoms with Gasteiger partial charge in [0.15, 0.2) is 0 Å². The lowest BCUT2D eigenvalue weighted by atomic mass is 9.72. The number of hydrogen-bond acceptors (Lipinski definition) is 3. The molecule has 0 spiro atoms. The first-order valence-corrected chi connectivity index (χ1v) is 8.85. The van der Waals surface area contributed by atoms with E-state index in [2.05, 4.69) is 5.32 Å². The standard InChI is InChI=1S/C19H24N2O4/c1-12-4-2-3-5-14(12)17(22)20-13-8-10-21(11-9-13)18(23)15-6-7-16(15)19(24)25/h2-5,13,15-16H,6-11H2,1H3,(H,20,22)(H,24,25). The van der Waals surface area contributed by atoms with Crippen LogP contribution in [0.1, 0.15) is 41.6 Å². The van der Waals surface area contributed by atoms with Crippen molar-refractivity contribution in [3.63, 3.8) is 0 Å². The number of nitrogens with zero attached hydrogens (tertiary/aromatic N) is 1. The van der Waals surface area contributed by atoms with E-state index in [4.69, 9.17) is 5.11 Å². The summed E-state index contributed by atoms with van der Waals surface area (Å²) < 4.78 is 0. The molecular weight excluding hydrogens is 320 g/mol. The Morgan fingerprint density at radius 3 is 2.24 bits per heavy atom. The van der Waals surface area contributed by atoms with Crippen LogP contribution < -0.4 is 5.32 Å². The predicted octanol–water partition coefficient (Wildman–Crippen LogP) is 1.83. The number of carboxylic acids is 1. The summed E-state index contributed by atoms with van der Waals surface area (Å²) >= 11 is 0. The SMILES string of the molecule is Cc1ccccc1C(=O)NC1CCN(C(=O)C2CCC2C(=O)O)CC1. The van der Waals surface area contributed by atoms with Crippen LogP contribution in [0, 0.1) is 18.8 Å². The maximum Gasteiger partial charge on any atom is 0.307 e. The van der Waals surface area contributed by atoms with Gasteiger partial charge < -0.3 is 15.3 Å². The maximum absolute atomic E-state index is 12.5. The van der Waals surface area contributed by atoms with E-state index in [1.807, 2.05) is 31.2 Å². The van der Waals surface area contributed by atoms with E-state index in [1.54, 1.807) is 4.90 Å². The molecule has 1 aromatic carbocycles. The molecule has 2 atom stereocenters. The number of amides is 2. The molecule has 2 amide bonds. The Morgan fingerprint density at radius 2 is 1.68 bits per heavy atom. The van der Waals surface area contributed by atoms with Crippen LogP contribution in [0.5, 0.6) is 0 Å². The molecule has 2 fully saturated rings. The minimum absolute atomic E-state index is 0.0395. The average Bonchev–Trinajstić information content (AvgIpc) is 2.54. The van der Waals surface area contributed by atoms with Crippen LogP contribution in [-0.4, -0.2) is 46.9 Å². The zero-order valence-electron chi connectivity index (χ0n) is 14.4. The molecule has 1 aliphatic carbocycles. The highest BCUT2D eigenvalue weighted by atomic mass is 16.4. The van der Waals surface area contributed by atoms with E-state index in [9.17, 15) is 14.4 Å². The van der Waals surface area contributed by atoms with Crippen molar-refractivity contribution in [3.8, 4) is 0 Å². The number of benzene rings is 1. The quantitative estimate of drug-likeness (QED) is 0.872. The van der Waals surface area contributed by atoms with E-state index in [0.29, 0.717) is 44.3 Å². The van der Waals surface area contributed by atoms with Crippen LogP contribution in [0.4, 0.5) is 0 Å². The van der Waals surface area contributed by atoms with Crippen molar-refractivity contribution in [1.29, 1.82) is 0 Å². The number of aryl methyl sites for hydroxylation is 1. The molecule has 2 aliphatic rings. The second-order valence-corrected chi connectivity index (χ2v) is 7.02. The normalized spacial score (nSPS) is 23.6. The van der Waals surface area contributed by atoms with Crippen LogP contribution in [0.15, 0.2) is 24.3 Å². The average molecular weight is 344 g/mol. The summed E-state index contributed by atoms with van der Waals surface area (Å²) in [6.45, 7) is 3.05. The number of nitrogens with one attached hydrogen (secondary N) is 1. The molecule has 1 aromatic rings. The van der Waals surface area contributed by atoms with Crippen molar-refractivity contribution in [3.05, 3.63) is 35.4 Å². The molecule has 1 saturated carbocycles. The van der Waals surface area contributed by atoms with Crippen molar-refractivity contribution < 1.29 is 19.5 Å². The number of likely N-dealkylation sites (tertiary alicyclic amines) is 1. The molecule has 25 heavy (non-hydrogen) atoms. The van der Waals surface area contributed by atoms with E-state index in [0.717, 1.165) is 5.56 Å². The Labute approximate surface area is 147 Å². The number of aliphatic carboxylic acids is 1. The first-order valence-electron chi connectivity index (χ1n) is 8.85. The maximum atomic E-state index is 12.5. The first kappa shape index (κ1) is 17.5. The molecule has 3 rings (SSSR count). The van der Waals surface area contributed by atoms with Crippen LogP contribution in [0.3, 0.4) is 0 Å². The number of carbonyl (C=O) groups is 3. The monoisotopic (exact) mass is 344 g/mol. The number of carboxylic acid groups (broad SMARTS) is 1. The Morgan fingerprint density at radius 1 is 1.04 bits per heavy atom. The molecule has 0 bridgehead atoms. The fourth-order valence-electron chi connectivity index (χ4n) is 3.66. The van der Waals surface area contributed by atoms with E-state index in [-0.39, 0.29) is 23.8 Å². The lowest BCUT2D eigenvalue weighted by molar-refractivity contribution is -0.157. The molecule has 6 nitrogen and oxygen atoms in total. The molecule has 1 heterocycles. The van der Waals surface area contributed by atoms with Gasteiger partial charge in [-0.2, -0.15) is 0 Å². The zero-order chi connectivity index (χ0) is 18.0. The summed E-state index contributed by atoms with van der Waals surface area (Å²) in [6, 6.07) is 7.52. The highest BCUT2D eigenvalue weighted by Crippen LogP contribution is 2.36. The predicted molar refractivity (Wildman–Crippen MR) is 92.1 cm³/mol. The number of rotatable bonds is 4. The second-order valence-electron chi connectivity index (χ2n) is 7.02. The van der Waals surface area contributed by atoms with Gasteiger partial charge in [0.05, 0.1) is 11.8 Å². The third-order valence-electron chi connectivity index (χ3n) is 5.44. The fraction of sp³-hybridized carbons (Fsp3) is 0.526. The zero-order valence-corrected chi connectivity index (χ0v) is 14.4. The van der Waals surface area contributed by atoms with Gasteiger partial charge in [0.2, 0.25) is 5.91 Å². The Kier molecular flexibility index (Phi) is 5.06. The van der Waals surface area contributed by atoms with Gasteiger partial charge in [-0.15, -0.1) is 0 Å². The van der Waals surface area contributed by atoms with Crippen LogP contribution in [-0.2, 0) is 9.59 Å². The Bertz CT molecular complexity index is 680. The number of carbonyl (C=O) groups excluding carboxylic acids is 2. The van der Waals surface area contributed by atoms with Crippen LogP contribution in [0.2, 0.25) is 0 Å². The summed E-state index contributed by atoms with van der Waals surface area (Å²) in [7, 11) is 0. The molecule has 0 radical (unpaired) electrons. The lowest BCUT2D eigenvalue weighted by Crippen LogP contribution is -2.51. The number of hydrogen-bond donors (Lipinski definition) is 2. The van der Waals surface area contributed by atoms with Gasteiger partial charge in [-0.25, -0.2) is 0 Å². The number of piperidine rings is 1. The summed E-state index contributed by atoms with van der Waals surface area (Å²) in [5.41, 5.74) is 1.62. The molecule has 2 N–H and O–H groups in total. The van der Waals surface area contributed by atoms with Gasteiger partial charge in [0.25, 0.3) is 5.91 Å². The van der Waals surface area contributed by atoms with Crippen molar-refractivity contribution in [2.45, 2.75) is 38.6 Å². The second kappa shape index (κ2) is 7.25. The molecule has 134 valence electrons. The topological polar surface area (TPSA) is 86.7 Å². The lowest BCUT2D eigenvalue weighted by Gasteiger charge is -2.39. The largest absolute Gasteiger partial charge is 0.481 e. The van der Waals surface area contributed by atoms with Gasteiger partial charge in [-0.05, 0) is 44.2 Å². The molecule has 2 unspecified atom stereocenters. The van der Waals surface area contributed by atoms with E-state index < -0.39 is 11.9 Å². The molecule has 6 heteroatoms. The van der Waals surface area contributed by atoms with Crippen molar-refractivity contribution in [2.75, 3.05) is 13.1 Å². The summed E-state index contributed by atoms with van der Waals surface area (Å²) in [6.07, 6.45) is 2.66. The smallest absolute Gasteiger partial charge is 0.307 e. The molecular formula is C19H24N2O4. The van der Waals surface area contributed by atoms with Crippen molar-refractivity contribution >= 4 is 17.8 Å². The van der Waals surface area contributed by atoms with Crippen LogP contribution in [0.25, 0.3) is 0 Å². The van der Waals surface area contributed by atoms with Gasteiger partial charge in [0, 0.05) is 24.7 Å². The van der Waals surface area contributed by atoms with Gasteiger partial charge in [0.1, 0.15) is 0 Å². The van der Waals surface area contributed by atoms with E-state index in [1.165, 1.54) is 0 Å². The van der Waals surface area contributed by atoms with Gasteiger partial charge in [-0.3, -0.25) is 14.4 Å². The first-order chi connectivity index (χ1) is 12.0. The highest BCUT2D eigenvalue weighted by molar-refractivity contribution is 5.95. The Hall–Kier alpha value is -2.37. The van der Waals surface area contributed by atoms with Crippen molar-refractivity contribution in [2.24, 2.45) is 11.8 Å². The summed E-state index contributed by atoms with van der Waals surface area (Å²) in [5, 5.41) is 12.2. The molecule has 1 saturated heterocycles. The minimum atomic E-state index is -0.870. The van der Waals surface area contributed by atoms with Gasteiger partial charge >= 0.3 is 5.97 Å². The Balaban J connectivity index is 1.50. The molecule has 0 aromatic heterocycles. The highest BCUT2D eigenvalue weighted by Gasteiger charge is 2.43. The van der Waals surface area contributed by atoms with Crippen molar-refractivity contribution in [1.82, 2.24) is 10.2 Å². The van der Waals surface area contributed by atoms with Crippen LogP contribution >= 0.6 is 0 Å². The third kappa shape index (κ3) is 3.67.